The van der Waals surface area contributed by atoms with E-state index in [4.69, 9.17) is 11.6 Å². The van der Waals surface area contributed by atoms with Gasteiger partial charge in [0, 0.05) is 23.0 Å². The fraction of sp³-hybridized carbons (Fsp3) is 0.391. The highest BCUT2D eigenvalue weighted by atomic mass is 35.5. The second kappa shape index (κ2) is 11.9. The van der Waals surface area contributed by atoms with Crippen molar-refractivity contribution in [3.63, 3.8) is 0 Å². The highest BCUT2D eigenvalue weighted by molar-refractivity contribution is 8.00. The normalized spacial score (nSPS) is 11.7. The topological polar surface area (TPSA) is 49.4 Å². The highest BCUT2D eigenvalue weighted by Crippen LogP contribution is 2.21. The first-order valence-corrected chi connectivity index (χ1v) is 11.3. The molecule has 0 aliphatic rings. The smallest absolute Gasteiger partial charge is 0.242 e. The average molecular weight is 433 g/mol. The number of nitrogens with one attached hydrogen (secondary N) is 1. The van der Waals surface area contributed by atoms with Crippen LogP contribution in [0.25, 0.3) is 0 Å². The summed E-state index contributed by atoms with van der Waals surface area (Å²) in [7, 11) is 0. The Balaban J connectivity index is 2.10. The summed E-state index contributed by atoms with van der Waals surface area (Å²) in [5.74, 6) is 0.0683. The summed E-state index contributed by atoms with van der Waals surface area (Å²) in [4.78, 5) is 28.3. The number of hydrogen-bond acceptors (Lipinski definition) is 3. The van der Waals surface area contributed by atoms with Crippen molar-refractivity contribution in [2.75, 3.05) is 12.3 Å². The second-order valence-electron chi connectivity index (χ2n) is 7.07. The molecular formula is C23H29ClN2O2S. The third-order valence-electron chi connectivity index (χ3n) is 4.62. The first-order valence-electron chi connectivity index (χ1n) is 9.91. The van der Waals surface area contributed by atoms with Crippen LogP contribution in [0, 0.1) is 6.92 Å². The number of amides is 2. The van der Waals surface area contributed by atoms with Gasteiger partial charge in [0.15, 0.2) is 0 Å². The van der Waals surface area contributed by atoms with Gasteiger partial charge in [-0.3, -0.25) is 9.59 Å². The lowest BCUT2D eigenvalue weighted by Gasteiger charge is -2.29. The number of unbranched alkanes of at least 4 members (excludes halogenated alkanes) is 1. The van der Waals surface area contributed by atoms with Crippen LogP contribution in [-0.4, -0.2) is 35.1 Å². The van der Waals surface area contributed by atoms with Crippen LogP contribution in [0.1, 0.15) is 37.8 Å². The quantitative estimate of drug-likeness (QED) is 0.421. The lowest BCUT2D eigenvalue weighted by atomic mass is 10.1. The molecule has 2 rings (SSSR count). The molecule has 2 aromatic rings. The molecule has 6 heteroatoms. The Morgan fingerprint density at radius 1 is 1.17 bits per heavy atom. The van der Waals surface area contributed by atoms with Crippen LogP contribution in [0.15, 0.2) is 53.4 Å². The van der Waals surface area contributed by atoms with E-state index in [1.807, 2.05) is 49.4 Å². The monoisotopic (exact) mass is 432 g/mol. The number of carbonyl (C=O) groups excluding carboxylic acids is 2. The molecule has 0 saturated heterocycles. The van der Waals surface area contributed by atoms with Crippen LogP contribution in [-0.2, 0) is 16.1 Å². The van der Waals surface area contributed by atoms with E-state index < -0.39 is 6.04 Å². The molecule has 0 aromatic heterocycles. The molecule has 0 heterocycles. The number of aryl methyl sites for hydroxylation is 1. The van der Waals surface area contributed by atoms with Gasteiger partial charge in [0.2, 0.25) is 11.8 Å². The minimum Gasteiger partial charge on any atom is -0.354 e. The van der Waals surface area contributed by atoms with Crippen molar-refractivity contribution >= 4 is 35.2 Å². The third kappa shape index (κ3) is 7.75. The largest absolute Gasteiger partial charge is 0.354 e. The minimum atomic E-state index is -0.558. The van der Waals surface area contributed by atoms with Crippen LogP contribution in [0.2, 0.25) is 5.02 Å². The lowest BCUT2D eigenvalue weighted by molar-refractivity contribution is -0.138. The molecule has 0 radical (unpaired) electrons. The molecule has 0 bridgehead atoms. The van der Waals surface area contributed by atoms with Gasteiger partial charge >= 0.3 is 0 Å². The zero-order chi connectivity index (χ0) is 21.2. The predicted octanol–water partition coefficient (Wildman–Crippen LogP) is 5.07. The third-order valence-corrected chi connectivity index (χ3v) is 5.85. The maximum Gasteiger partial charge on any atom is 0.242 e. The van der Waals surface area contributed by atoms with Crippen molar-refractivity contribution in [3.8, 4) is 0 Å². The molecule has 1 N–H and O–H groups in total. The Morgan fingerprint density at radius 2 is 1.90 bits per heavy atom. The molecular weight excluding hydrogens is 404 g/mol. The van der Waals surface area contributed by atoms with E-state index in [9.17, 15) is 9.59 Å². The maximum atomic E-state index is 13.0. The summed E-state index contributed by atoms with van der Waals surface area (Å²) in [6.07, 6.45) is 1.93. The van der Waals surface area contributed by atoms with Crippen LogP contribution in [0.4, 0.5) is 0 Å². The van der Waals surface area contributed by atoms with Crippen LogP contribution < -0.4 is 5.32 Å². The summed E-state index contributed by atoms with van der Waals surface area (Å²) >= 11 is 7.58. The molecule has 4 nitrogen and oxygen atoms in total. The van der Waals surface area contributed by atoms with E-state index in [0.29, 0.717) is 18.1 Å². The van der Waals surface area contributed by atoms with Crippen molar-refractivity contribution in [3.05, 3.63) is 64.7 Å². The predicted molar refractivity (Wildman–Crippen MR) is 121 cm³/mol. The lowest BCUT2D eigenvalue weighted by Crippen LogP contribution is -2.48. The summed E-state index contributed by atoms with van der Waals surface area (Å²) in [5, 5.41) is 3.54. The number of thioether (sulfide) groups is 1. The minimum absolute atomic E-state index is 0.0753. The second-order valence-corrected chi connectivity index (χ2v) is 8.56. The number of benzene rings is 2. The van der Waals surface area contributed by atoms with E-state index in [0.717, 1.165) is 23.3 Å². The Morgan fingerprint density at radius 3 is 2.55 bits per heavy atom. The van der Waals surface area contributed by atoms with Gasteiger partial charge in [-0.25, -0.2) is 0 Å². The summed E-state index contributed by atoms with van der Waals surface area (Å²) in [6.45, 7) is 6.85. The molecule has 0 unspecified atom stereocenters. The number of halogens is 1. The highest BCUT2D eigenvalue weighted by Gasteiger charge is 2.26. The first-order chi connectivity index (χ1) is 13.9. The number of rotatable bonds is 10. The van der Waals surface area contributed by atoms with E-state index in [1.165, 1.54) is 17.3 Å². The van der Waals surface area contributed by atoms with E-state index in [-0.39, 0.29) is 17.6 Å². The van der Waals surface area contributed by atoms with Crippen molar-refractivity contribution in [2.24, 2.45) is 0 Å². The van der Waals surface area contributed by atoms with E-state index in [1.54, 1.807) is 17.9 Å². The molecule has 0 aliphatic carbocycles. The Kier molecular flexibility index (Phi) is 9.55. The molecule has 0 aliphatic heterocycles. The van der Waals surface area contributed by atoms with E-state index >= 15 is 0 Å². The summed E-state index contributed by atoms with van der Waals surface area (Å²) in [5.41, 5.74) is 2.08. The SMILES string of the molecule is CCCCNC(=O)[C@H](C)N(Cc1cccc(Cl)c1)C(=O)CSc1ccc(C)cc1. The maximum absolute atomic E-state index is 13.0. The van der Waals surface area contributed by atoms with Gasteiger partial charge in [-0.15, -0.1) is 11.8 Å². The Hall–Kier alpha value is -1.98. The summed E-state index contributed by atoms with van der Waals surface area (Å²) < 4.78 is 0. The van der Waals surface area contributed by atoms with Crippen LogP contribution in [0.3, 0.4) is 0 Å². The zero-order valence-electron chi connectivity index (χ0n) is 17.3. The number of carbonyl (C=O) groups is 2. The van der Waals surface area contributed by atoms with Gasteiger partial charge in [-0.1, -0.05) is 54.8 Å². The van der Waals surface area contributed by atoms with Crippen molar-refractivity contribution in [1.29, 1.82) is 0 Å². The van der Waals surface area contributed by atoms with E-state index in [2.05, 4.69) is 12.2 Å². The summed E-state index contributed by atoms with van der Waals surface area (Å²) in [6, 6.07) is 14.9. The standard InChI is InChI=1S/C23H29ClN2O2S/c1-4-5-13-25-23(28)18(3)26(15-19-7-6-8-20(24)14-19)22(27)16-29-21-11-9-17(2)10-12-21/h6-12,14,18H,4-5,13,15-16H2,1-3H3,(H,25,28)/t18-/m0/s1. The van der Waals surface area contributed by atoms with Crippen LogP contribution in [0.5, 0.6) is 0 Å². The fourth-order valence-corrected chi connectivity index (χ4v) is 3.81. The van der Waals surface area contributed by atoms with Gasteiger partial charge in [0.05, 0.1) is 5.75 Å². The molecule has 1 atom stereocenters. The zero-order valence-corrected chi connectivity index (χ0v) is 18.9. The number of nitrogens with zero attached hydrogens (tertiary/aromatic N) is 1. The van der Waals surface area contributed by atoms with Crippen molar-refractivity contribution in [1.82, 2.24) is 10.2 Å². The van der Waals surface area contributed by atoms with Gasteiger partial charge in [-0.05, 0) is 50.1 Å². The Labute approximate surface area is 183 Å². The first kappa shape index (κ1) is 23.3. The fourth-order valence-electron chi connectivity index (χ4n) is 2.81. The molecule has 0 fully saturated rings. The Bertz CT molecular complexity index is 811. The van der Waals surface area contributed by atoms with Crippen molar-refractivity contribution < 1.29 is 9.59 Å². The molecule has 0 spiro atoms. The molecule has 29 heavy (non-hydrogen) atoms. The van der Waals surface area contributed by atoms with Gasteiger partial charge < -0.3 is 10.2 Å². The van der Waals surface area contributed by atoms with Gasteiger partial charge in [0.1, 0.15) is 6.04 Å². The average Bonchev–Trinajstić information content (AvgIpc) is 2.71. The van der Waals surface area contributed by atoms with Gasteiger partial charge in [-0.2, -0.15) is 0 Å². The number of hydrogen-bond donors (Lipinski definition) is 1. The molecule has 156 valence electrons. The van der Waals surface area contributed by atoms with Crippen LogP contribution >= 0.6 is 23.4 Å². The van der Waals surface area contributed by atoms with Gasteiger partial charge in [0.25, 0.3) is 0 Å². The molecule has 2 aromatic carbocycles. The molecule has 2 amide bonds. The molecule has 0 saturated carbocycles. The van der Waals surface area contributed by atoms with Crippen molar-refractivity contribution in [2.45, 2.75) is 51.1 Å².